The maximum Gasteiger partial charge on any atom is 0.143 e. The van der Waals surface area contributed by atoms with Gasteiger partial charge in [0.25, 0.3) is 0 Å². The number of benzene rings is 1. The van der Waals surface area contributed by atoms with Gasteiger partial charge in [0.1, 0.15) is 22.2 Å². The third-order valence-corrected chi connectivity index (χ3v) is 4.59. The zero-order valence-corrected chi connectivity index (χ0v) is 13.3. The molecular weight excluding hydrogens is 282 g/mol. The molecule has 1 aromatic carbocycles. The molecule has 108 valence electrons. The largest absolute Gasteiger partial charge is 0.497 e. The van der Waals surface area contributed by atoms with Crippen LogP contribution in [-0.2, 0) is 0 Å². The molecule has 3 aromatic rings. The number of rotatable bonds is 3. The van der Waals surface area contributed by atoms with Gasteiger partial charge in [-0.2, -0.15) is 0 Å². The molecule has 0 saturated heterocycles. The second kappa shape index (κ2) is 5.33. The molecule has 0 fully saturated rings. The smallest absolute Gasteiger partial charge is 0.143 e. The summed E-state index contributed by atoms with van der Waals surface area (Å²) in [6, 6.07) is 7.83. The van der Waals surface area contributed by atoms with E-state index in [0.29, 0.717) is 0 Å². The second-order valence-electron chi connectivity index (χ2n) is 4.94. The number of thiophene rings is 1. The van der Waals surface area contributed by atoms with Crippen LogP contribution in [0.1, 0.15) is 16.3 Å². The summed E-state index contributed by atoms with van der Waals surface area (Å²) in [6.45, 7) is 6.16. The topological polar surface area (TPSA) is 47.0 Å². The summed E-state index contributed by atoms with van der Waals surface area (Å²) < 4.78 is 5.18. The van der Waals surface area contributed by atoms with E-state index in [1.54, 1.807) is 18.4 Å². The van der Waals surface area contributed by atoms with Gasteiger partial charge in [-0.3, -0.25) is 0 Å². The molecule has 1 N–H and O–H groups in total. The van der Waals surface area contributed by atoms with Gasteiger partial charge in [-0.1, -0.05) is 0 Å². The summed E-state index contributed by atoms with van der Waals surface area (Å²) in [6.07, 6.45) is 0. The molecule has 2 heterocycles. The molecular formula is C16H17N3OS. The van der Waals surface area contributed by atoms with Crippen LogP contribution in [0.25, 0.3) is 10.2 Å². The average Bonchev–Trinajstić information content (AvgIpc) is 2.74. The fourth-order valence-corrected chi connectivity index (χ4v) is 3.33. The fraction of sp³-hybridized carbons (Fsp3) is 0.250. The number of anilines is 2. The zero-order chi connectivity index (χ0) is 15.0. The molecule has 2 aromatic heterocycles. The molecule has 21 heavy (non-hydrogen) atoms. The van der Waals surface area contributed by atoms with Crippen molar-refractivity contribution >= 4 is 33.1 Å². The van der Waals surface area contributed by atoms with Gasteiger partial charge in [-0.15, -0.1) is 11.3 Å². The summed E-state index contributed by atoms with van der Waals surface area (Å²) in [5.74, 6) is 2.48. The number of nitrogens with zero attached hydrogens (tertiary/aromatic N) is 2. The molecule has 0 amide bonds. The van der Waals surface area contributed by atoms with E-state index >= 15 is 0 Å². The predicted octanol–water partition coefficient (Wildman–Crippen LogP) is 4.37. The normalized spacial score (nSPS) is 10.9. The van der Waals surface area contributed by atoms with E-state index in [2.05, 4.69) is 29.1 Å². The van der Waals surface area contributed by atoms with Gasteiger partial charge >= 0.3 is 0 Å². The molecule has 0 saturated carbocycles. The molecule has 0 spiro atoms. The van der Waals surface area contributed by atoms with Gasteiger partial charge in [-0.05, 0) is 50.6 Å². The molecule has 0 aliphatic heterocycles. The molecule has 0 unspecified atom stereocenters. The van der Waals surface area contributed by atoms with Crippen molar-refractivity contribution in [3.05, 3.63) is 40.5 Å². The van der Waals surface area contributed by atoms with E-state index in [4.69, 9.17) is 4.74 Å². The number of fused-ring (bicyclic) bond motifs is 1. The number of aryl methyl sites for hydroxylation is 3. The quantitative estimate of drug-likeness (QED) is 0.780. The summed E-state index contributed by atoms with van der Waals surface area (Å²) in [7, 11) is 1.66. The lowest BCUT2D eigenvalue weighted by Crippen LogP contribution is -1.98. The average molecular weight is 299 g/mol. The standard InChI is InChI=1S/C16H17N3OS/c1-9-10(2)21-16-14(9)15(17-11(3)18-16)19-12-5-7-13(20-4)8-6-12/h5-8H,1-4H3,(H,17,18,19). The Bertz CT molecular complexity index is 793. The van der Waals surface area contributed by atoms with E-state index in [-0.39, 0.29) is 0 Å². The van der Waals surface area contributed by atoms with E-state index in [9.17, 15) is 0 Å². The molecule has 3 rings (SSSR count). The number of ether oxygens (including phenoxy) is 1. The van der Waals surface area contributed by atoms with Gasteiger partial charge in [0.2, 0.25) is 0 Å². The van der Waals surface area contributed by atoms with Crippen molar-refractivity contribution in [2.45, 2.75) is 20.8 Å². The van der Waals surface area contributed by atoms with Crippen molar-refractivity contribution in [1.29, 1.82) is 0 Å². The van der Waals surface area contributed by atoms with Crippen LogP contribution >= 0.6 is 11.3 Å². The van der Waals surface area contributed by atoms with E-state index in [1.807, 2.05) is 31.2 Å². The summed E-state index contributed by atoms with van der Waals surface area (Å²) in [4.78, 5) is 11.4. The maximum atomic E-state index is 5.18. The Hall–Kier alpha value is -2.14. The molecule has 0 aliphatic rings. The zero-order valence-electron chi connectivity index (χ0n) is 12.5. The SMILES string of the molecule is COc1ccc(Nc2nc(C)nc3sc(C)c(C)c23)cc1. The number of hydrogen-bond acceptors (Lipinski definition) is 5. The molecule has 0 bridgehead atoms. The van der Waals surface area contributed by atoms with E-state index in [1.165, 1.54) is 10.4 Å². The van der Waals surface area contributed by atoms with E-state index in [0.717, 1.165) is 33.3 Å². The van der Waals surface area contributed by atoms with Gasteiger partial charge < -0.3 is 10.1 Å². The van der Waals surface area contributed by atoms with Gasteiger partial charge in [0, 0.05) is 10.6 Å². The van der Waals surface area contributed by atoms with Crippen molar-refractivity contribution < 1.29 is 4.74 Å². The van der Waals surface area contributed by atoms with Crippen molar-refractivity contribution in [2.24, 2.45) is 0 Å². The Kier molecular flexibility index (Phi) is 3.51. The Morgan fingerprint density at radius 1 is 1.05 bits per heavy atom. The third-order valence-electron chi connectivity index (χ3n) is 3.49. The highest BCUT2D eigenvalue weighted by molar-refractivity contribution is 7.18. The highest BCUT2D eigenvalue weighted by Gasteiger charge is 2.13. The highest BCUT2D eigenvalue weighted by Crippen LogP contribution is 2.34. The van der Waals surface area contributed by atoms with Crippen LogP contribution in [0, 0.1) is 20.8 Å². The number of nitrogens with one attached hydrogen (secondary N) is 1. The van der Waals surface area contributed by atoms with Gasteiger partial charge in [0.05, 0.1) is 12.5 Å². The first-order valence-electron chi connectivity index (χ1n) is 6.74. The Morgan fingerprint density at radius 2 is 1.76 bits per heavy atom. The van der Waals surface area contributed by atoms with Gasteiger partial charge in [-0.25, -0.2) is 9.97 Å². The molecule has 5 heteroatoms. The van der Waals surface area contributed by atoms with Crippen LogP contribution in [0.2, 0.25) is 0 Å². The molecule has 0 aliphatic carbocycles. The number of aromatic nitrogens is 2. The van der Waals surface area contributed by atoms with Crippen LogP contribution in [0.5, 0.6) is 5.75 Å². The first-order chi connectivity index (χ1) is 10.1. The minimum atomic E-state index is 0.778. The lowest BCUT2D eigenvalue weighted by Gasteiger charge is -2.09. The monoisotopic (exact) mass is 299 g/mol. The summed E-state index contributed by atoms with van der Waals surface area (Å²) >= 11 is 1.71. The lowest BCUT2D eigenvalue weighted by atomic mass is 10.2. The van der Waals surface area contributed by atoms with Crippen LogP contribution in [-0.4, -0.2) is 17.1 Å². The van der Waals surface area contributed by atoms with Crippen molar-refractivity contribution in [1.82, 2.24) is 9.97 Å². The Morgan fingerprint density at radius 3 is 2.43 bits per heavy atom. The fourth-order valence-electron chi connectivity index (χ4n) is 2.26. The van der Waals surface area contributed by atoms with Crippen molar-refractivity contribution in [3.8, 4) is 5.75 Å². The highest BCUT2D eigenvalue weighted by atomic mass is 32.1. The first kappa shape index (κ1) is 13.8. The molecule has 0 atom stereocenters. The van der Waals surface area contributed by atoms with Crippen molar-refractivity contribution in [3.63, 3.8) is 0 Å². The summed E-state index contributed by atoms with van der Waals surface area (Å²) in [5, 5.41) is 4.50. The Balaban J connectivity index is 2.06. The van der Waals surface area contributed by atoms with Gasteiger partial charge in [0.15, 0.2) is 0 Å². The molecule has 4 nitrogen and oxygen atoms in total. The molecule has 0 radical (unpaired) electrons. The number of hydrogen-bond donors (Lipinski definition) is 1. The number of methoxy groups -OCH3 is 1. The predicted molar refractivity (Wildman–Crippen MR) is 87.9 cm³/mol. The van der Waals surface area contributed by atoms with Crippen LogP contribution < -0.4 is 10.1 Å². The summed E-state index contributed by atoms with van der Waals surface area (Å²) in [5.41, 5.74) is 2.23. The van der Waals surface area contributed by atoms with Crippen LogP contribution in [0.3, 0.4) is 0 Å². The maximum absolute atomic E-state index is 5.18. The van der Waals surface area contributed by atoms with E-state index < -0.39 is 0 Å². The lowest BCUT2D eigenvalue weighted by molar-refractivity contribution is 0.415. The van der Waals surface area contributed by atoms with Crippen LogP contribution in [0.4, 0.5) is 11.5 Å². The Labute approximate surface area is 127 Å². The first-order valence-corrected chi connectivity index (χ1v) is 7.55. The third kappa shape index (κ3) is 2.56. The van der Waals surface area contributed by atoms with Crippen LogP contribution in [0.15, 0.2) is 24.3 Å². The van der Waals surface area contributed by atoms with Crippen molar-refractivity contribution in [2.75, 3.05) is 12.4 Å². The minimum Gasteiger partial charge on any atom is -0.497 e. The second-order valence-corrected chi connectivity index (χ2v) is 6.14. The minimum absolute atomic E-state index is 0.778.